The van der Waals surface area contributed by atoms with Crippen molar-refractivity contribution < 1.29 is 24.5 Å². The van der Waals surface area contributed by atoms with Gasteiger partial charge >= 0.3 is 0 Å². The number of benzene rings is 3. The van der Waals surface area contributed by atoms with Crippen molar-refractivity contribution in [1.82, 2.24) is 24.5 Å². The number of imidazole rings is 1. The zero-order valence-corrected chi connectivity index (χ0v) is 27.7. The van der Waals surface area contributed by atoms with Crippen LogP contribution in [0.4, 0.5) is 0 Å². The van der Waals surface area contributed by atoms with E-state index in [1.54, 1.807) is 6.20 Å². The van der Waals surface area contributed by atoms with Crippen LogP contribution in [-0.2, 0) is 20.1 Å². The van der Waals surface area contributed by atoms with Gasteiger partial charge in [-0.05, 0) is 69.3 Å². The molecule has 8 aromatic rings. The predicted octanol–water partition coefficient (Wildman–Crippen LogP) is 8.96. The van der Waals surface area contributed by atoms with E-state index in [0.29, 0.717) is 5.71 Å². The monoisotopic (exact) mass is 764 g/mol. The third-order valence-electron chi connectivity index (χ3n) is 7.78. The number of hydrogen-bond donors (Lipinski definition) is 0. The first kappa shape index (κ1) is 30.1. The van der Waals surface area contributed by atoms with Crippen LogP contribution in [0.25, 0.3) is 61.4 Å². The van der Waals surface area contributed by atoms with Gasteiger partial charge in [-0.3, -0.25) is 9.97 Å². The number of nitrogens with zero attached hydrogens (tertiary/aromatic N) is 5. The molecule has 3 aromatic carbocycles. The molecule has 0 saturated heterocycles. The molecule has 45 heavy (non-hydrogen) atoms. The van der Waals surface area contributed by atoms with Crippen LogP contribution >= 0.6 is 0 Å². The molecule has 1 radical (unpaired) electrons. The third kappa shape index (κ3) is 5.57. The van der Waals surface area contributed by atoms with Gasteiger partial charge in [0, 0.05) is 48.8 Å². The fourth-order valence-corrected chi connectivity index (χ4v) is 5.53. The van der Waals surface area contributed by atoms with E-state index in [9.17, 15) is 0 Å². The van der Waals surface area contributed by atoms with Gasteiger partial charge in [0.1, 0.15) is 0 Å². The number of furan rings is 1. The summed E-state index contributed by atoms with van der Waals surface area (Å²) in [4.78, 5) is 18.7. The molecule has 0 aliphatic carbocycles. The van der Waals surface area contributed by atoms with Crippen molar-refractivity contribution in [3.8, 4) is 28.3 Å². The van der Waals surface area contributed by atoms with E-state index in [1.807, 2.05) is 99.6 Å². The maximum atomic E-state index is 6.28. The summed E-state index contributed by atoms with van der Waals surface area (Å²) < 4.78 is 8.45. The van der Waals surface area contributed by atoms with Crippen LogP contribution < -0.4 is 0 Å². The Morgan fingerprint density at radius 3 is 2.24 bits per heavy atom. The Morgan fingerprint density at radius 1 is 0.689 bits per heavy atom. The molecular weight excluding hydrogens is 735 g/mol. The largest absolute Gasteiger partial charge is 0.486 e. The topological polar surface area (TPSA) is 69.6 Å². The molecule has 5 aromatic heterocycles. The summed E-state index contributed by atoms with van der Waals surface area (Å²) in [6, 6.07) is 38.5. The van der Waals surface area contributed by atoms with Crippen LogP contribution in [0.15, 0.2) is 108 Å². The SMILES string of the molecule is Cc1ccc2c(n1)oc1c(-c3nc4c(C)c(C)nc(C)c4n3-c3ccccc3)[c-]ccc12.[Ir].[c-]1ccccc1-c1ccccn1. The van der Waals surface area contributed by atoms with Crippen molar-refractivity contribution in [3.05, 3.63) is 138 Å². The third-order valence-corrected chi connectivity index (χ3v) is 7.78. The van der Waals surface area contributed by atoms with Crippen molar-refractivity contribution in [2.45, 2.75) is 27.7 Å². The fourth-order valence-electron chi connectivity index (χ4n) is 5.53. The molecule has 0 spiro atoms. The van der Waals surface area contributed by atoms with Crippen molar-refractivity contribution in [1.29, 1.82) is 0 Å². The van der Waals surface area contributed by atoms with Crippen LogP contribution in [0.3, 0.4) is 0 Å². The number of aryl methyl sites for hydroxylation is 4. The van der Waals surface area contributed by atoms with E-state index in [0.717, 1.165) is 78.4 Å². The summed E-state index contributed by atoms with van der Waals surface area (Å²) in [7, 11) is 0. The average molecular weight is 764 g/mol. The second-order valence-corrected chi connectivity index (χ2v) is 10.7. The molecule has 223 valence electrons. The Morgan fingerprint density at radius 2 is 1.49 bits per heavy atom. The van der Waals surface area contributed by atoms with E-state index >= 15 is 0 Å². The molecular formula is C38H29IrN5O-2. The molecule has 5 heterocycles. The van der Waals surface area contributed by atoms with Gasteiger partial charge in [0.2, 0.25) is 5.71 Å². The number of rotatable bonds is 3. The Bertz CT molecular complexity index is 2220. The average Bonchev–Trinajstić information content (AvgIpc) is 3.64. The van der Waals surface area contributed by atoms with Crippen molar-refractivity contribution in [2.24, 2.45) is 0 Å². The van der Waals surface area contributed by atoms with Gasteiger partial charge < -0.3 is 14.0 Å². The fraction of sp³-hybridized carbons (Fsp3) is 0.105. The van der Waals surface area contributed by atoms with Gasteiger partial charge in [-0.2, -0.15) is 0 Å². The minimum atomic E-state index is 0. The first-order valence-electron chi connectivity index (χ1n) is 14.5. The molecule has 0 amide bonds. The molecule has 0 saturated carbocycles. The number of aromatic nitrogens is 5. The van der Waals surface area contributed by atoms with Gasteiger partial charge in [-0.15, -0.1) is 54.1 Å². The molecule has 0 aliphatic rings. The summed E-state index contributed by atoms with van der Waals surface area (Å²) in [6.07, 6.45) is 1.79. The number of fused-ring (bicyclic) bond motifs is 4. The maximum absolute atomic E-state index is 6.28. The molecule has 0 atom stereocenters. The van der Waals surface area contributed by atoms with Crippen LogP contribution in [0, 0.1) is 39.8 Å². The summed E-state index contributed by atoms with van der Waals surface area (Å²) in [5.74, 6) is 0.783. The first-order valence-corrected chi connectivity index (χ1v) is 14.5. The molecule has 0 fully saturated rings. The van der Waals surface area contributed by atoms with Crippen molar-refractivity contribution >= 4 is 33.1 Å². The van der Waals surface area contributed by atoms with Gasteiger partial charge in [0.05, 0.1) is 28.1 Å². The normalized spacial score (nSPS) is 10.9. The maximum Gasteiger partial charge on any atom is 0.216 e. The minimum absolute atomic E-state index is 0. The molecule has 0 bridgehead atoms. The van der Waals surface area contributed by atoms with Gasteiger partial charge in [-0.25, -0.2) is 4.98 Å². The Labute approximate surface area is 275 Å². The van der Waals surface area contributed by atoms with Crippen molar-refractivity contribution in [2.75, 3.05) is 0 Å². The van der Waals surface area contributed by atoms with Gasteiger partial charge in [-0.1, -0.05) is 41.3 Å². The number of hydrogen-bond acceptors (Lipinski definition) is 5. The Kier molecular flexibility index (Phi) is 8.40. The smallest absolute Gasteiger partial charge is 0.216 e. The molecule has 8 rings (SSSR count). The molecule has 6 nitrogen and oxygen atoms in total. The number of pyridine rings is 3. The molecule has 7 heteroatoms. The van der Waals surface area contributed by atoms with Crippen LogP contribution in [0.1, 0.15) is 22.6 Å². The summed E-state index contributed by atoms with van der Waals surface area (Å²) in [5.41, 5.74) is 11.1. The van der Waals surface area contributed by atoms with Crippen LogP contribution in [-0.4, -0.2) is 24.5 Å². The van der Waals surface area contributed by atoms with E-state index < -0.39 is 0 Å². The Hall–Kier alpha value is -4.97. The number of para-hydroxylation sites is 1. The van der Waals surface area contributed by atoms with E-state index in [2.05, 4.69) is 51.8 Å². The van der Waals surface area contributed by atoms with Gasteiger partial charge in [0.15, 0.2) is 0 Å². The standard InChI is InChI=1S/C27H21N4O.C11H8N.Ir/c1-15-13-14-21-20-11-8-12-22(25(20)32-27(21)28-15)26-30-23-16(2)17(3)29-18(4)24(23)31(26)19-9-6-5-7-10-19;1-2-6-10(7-3-1)11-8-4-5-9-12-11;/h5-11,13-14H,1-4H3;1-6,8-9H;/q2*-1;. The summed E-state index contributed by atoms with van der Waals surface area (Å²) in [5, 5.41) is 2.00. The van der Waals surface area contributed by atoms with Gasteiger partial charge in [0.25, 0.3) is 0 Å². The zero-order chi connectivity index (χ0) is 30.2. The zero-order valence-electron chi connectivity index (χ0n) is 25.3. The first-order chi connectivity index (χ1) is 21.5. The van der Waals surface area contributed by atoms with Crippen LogP contribution in [0.2, 0.25) is 0 Å². The van der Waals surface area contributed by atoms with Crippen molar-refractivity contribution in [3.63, 3.8) is 0 Å². The molecule has 0 aliphatic heterocycles. The van der Waals surface area contributed by atoms with E-state index in [4.69, 9.17) is 14.4 Å². The summed E-state index contributed by atoms with van der Waals surface area (Å²) >= 11 is 0. The minimum Gasteiger partial charge on any atom is -0.486 e. The summed E-state index contributed by atoms with van der Waals surface area (Å²) in [6.45, 7) is 8.12. The van der Waals surface area contributed by atoms with E-state index in [-0.39, 0.29) is 20.1 Å². The predicted molar refractivity (Wildman–Crippen MR) is 176 cm³/mol. The second-order valence-electron chi connectivity index (χ2n) is 10.7. The Balaban J connectivity index is 0.000000231. The quantitative estimate of drug-likeness (QED) is 0.168. The van der Waals surface area contributed by atoms with Crippen LogP contribution in [0.5, 0.6) is 0 Å². The second kappa shape index (κ2) is 12.6. The van der Waals surface area contributed by atoms with E-state index in [1.165, 1.54) is 0 Å². The molecule has 0 unspecified atom stereocenters. The molecule has 0 N–H and O–H groups in total.